The number of nitrogens with zero attached hydrogens (tertiary/aromatic N) is 2. The van der Waals surface area contributed by atoms with Gasteiger partial charge < -0.3 is 4.57 Å². The normalized spacial score (nSPS) is 13.1. The summed E-state index contributed by atoms with van der Waals surface area (Å²) < 4.78 is 2.34. The highest BCUT2D eigenvalue weighted by molar-refractivity contribution is 7.98. The standard InChI is InChI=1S/C14H18Cl2N2S/c1-3-11(9-19-2)18-13-5-4-10(16)8-12(13)17-14(18)6-7-15/h4-5,8,11H,3,6-7,9H2,1-2H3. The molecule has 0 fully saturated rings. The zero-order valence-corrected chi connectivity index (χ0v) is 13.5. The number of imidazole rings is 1. The van der Waals surface area contributed by atoms with Gasteiger partial charge in [-0.1, -0.05) is 18.5 Å². The number of halogens is 2. The van der Waals surface area contributed by atoms with Gasteiger partial charge in [0.25, 0.3) is 0 Å². The predicted octanol–water partition coefficient (Wildman–Crippen LogP) is 4.79. The van der Waals surface area contributed by atoms with Crippen molar-refractivity contribution in [1.29, 1.82) is 0 Å². The van der Waals surface area contributed by atoms with Crippen molar-refractivity contribution in [2.45, 2.75) is 25.8 Å². The Balaban J connectivity index is 2.56. The van der Waals surface area contributed by atoms with Gasteiger partial charge in [-0.15, -0.1) is 11.6 Å². The van der Waals surface area contributed by atoms with Gasteiger partial charge in [0, 0.05) is 29.1 Å². The SMILES string of the molecule is CCC(CSC)n1c(CCCl)nc2cc(Cl)ccc21. The Morgan fingerprint density at radius 1 is 1.42 bits per heavy atom. The number of thioether (sulfide) groups is 1. The molecule has 0 radical (unpaired) electrons. The van der Waals surface area contributed by atoms with Gasteiger partial charge in [0.2, 0.25) is 0 Å². The van der Waals surface area contributed by atoms with Crippen molar-refractivity contribution in [3.63, 3.8) is 0 Å². The van der Waals surface area contributed by atoms with Crippen LogP contribution in [0.3, 0.4) is 0 Å². The molecule has 2 rings (SSSR count). The van der Waals surface area contributed by atoms with Gasteiger partial charge >= 0.3 is 0 Å². The first kappa shape index (κ1) is 15.0. The van der Waals surface area contributed by atoms with Crippen LogP contribution in [0.2, 0.25) is 5.02 Å². The van der Waals surface area contributed by atoms with Crippen molar-refractivity contribution in [1.82, 2.24) is 9.55 Å². The number of aromatic nitrogens is 2. The lowest BCUT2D eigenvalue weighted by Gasteiger charge is -2.19. The maximum absolute atomic E-state index is 6.05. The molecule has 1 aromatic carbocycles. The molecule has 5 heteroatoms. The van der Waals surface area contributed by atoms with E-state index in [1.54, 1.807) is 0 Å². The van der Waals surface area contributed by atoms with Gasteiger partial charge in [0.05, 0.1) is 11.0 Å². The van der Waals surface area contributed by atoms with E-state index in [0.29, 0.717) is 11.9 Å². The van der Waals surface area contributed by atoms with Gasteiger partial charge in [0.15, 0.2) is 0 Å². The van der Waals surface area contributed by atoms with E-state index in [2.05, 4.69) is 23.8 Å². The molecule has 1 atom stereocenters. The molecule has 0 saturated carbocycles. The minimum Gasteiger partial charge on any atom is -0.324 e. The molecule has 0 aliphatic carbocycles. The number of aryl methyl sites for hydroxylation is 1. The second-order valence-corrected chi connectivity index (χ2v) is 6.21. The highest BCUT2D eigenvalue weighted by Crippen LogP contribution is 2.27. The Kier molecular flexibility index (Phi) is 5.43. The van der Waals surface area contributed by atoms with Crippen LogP contribution in [-0.4, -0.2) is 27.4 Å². The van der Waals surface area contributed by atoms with Crippen molar-refractivity contribution >= 4 is 46.0 Å². The summed E-state index contributed by atoms with van der Waals surface area (Å²) in [4.78, 5) is 4.70. The molecular weight excluding hydrogens is 299 g/mol. The van der Waals surface area contributed by atoms with Crippen LogP contribution in [0.25, 0.3) is 11.0 Å². The molecule has 0 saturated heterocycles. The predicted molar refractivity (Wildman–Crippen MR) is 86.9 cm³/mol. The molecule has 0 aliphatic rings. The van der Waals surface area contributed by atoms with Gasteiger partial charge in [-0.3, -0.25) is 0 Å². The van der Waals surface area contributed by atoms with Crippen LogP contribution in [0.1, 0.15) is 25.2 Å². The first-order valence-electron chi connectivity index (χ1n) is 6.42. The summed E-state index contributed by atoms with van der Waals surface area (Å²) in [5.74, 6) is 2.74. The van der Waals surface area contributed by atoms with Crippen LogP contribution >= 0.6 is 35.0 Å². The smallest absolute Gasteiger partial charge is 0.111 e. The van der Waals surface area contributed by atoms with Crippen molar-refractivity contribution in [3.05, 3.63) is 29.0 Å². The van der Waals surface area contributed by atoms with Crippen LogP contribution in [-0.2, 0) is 6.42 Å². The first-order chi connectivity index (χ1) is 9.21. The van der Waals surface area contributed by atoms with Crippen LogP contribution < -0.4 is 0 Å². The lowest BCUT2D eigenvalue weighted by atomic mass is 10.2. The Morgan fingerprint density at radius 2 is 2.21 bits per heavy atom. The molecule has 1 unspecified atom stereocenters. The maximum Gasteiger partial charge on any atom is 0.111 e. The average Bonchev–Trinajstić information content (AvgIpc) is 2.73. The van der Waals surface area contributed by atoms with Crippen LogP contribution in [0.5, 0.6) is 0 Å². The molecule has 19 heavy (non-hydrogen) atoms. The summed E-state index contributed by atoms with van der Waals surface area (Å²) in [6.07, 6.45) is 4.02. The Morgan fingerprint density at radius 3 is 2.84 bits per heavy atom. The topological polar surface area (TPSA) is 17.8 Å². The summed E-state index contributed by atoms with van der Waals surface area (Å²) >= 11 is 13.8. The van der Waals surface area contributed by atoms with E-state index in [-0.39, 0.29) is 0 Å². The van der Waals surface area contributed by atoms with Crippen LogP contribution in [0.15, 0.2) is 18.2 Å². The van der Waals surface area contributed by atoms with Crippen molar-refractivity contribution in [3.8, 4) is 0 Å². The van der Waals surface area contributed by atoms with Gasteiger partial charge in [-0.25, -0.2) is 4.98 Å². The highest BCUT2D eigenvalue weighted by atomic mass is 35.5. The molecule has 104 valence electrons. The lowest BCUT2D eigenvalue weighted by molar-refractivity contribution is 0.533. The summed E-state index contributed by atoms with van der Waals surface area (Å²) in [5, 5.41) is 0.729. The number of hydrogen-bond acceptors (Lipinski definition) is 2. The summed E-state index contributed by atoms with van der Waals surface area (Å²) in [7, 11) is 0. The van der Waals surface area contributed by atoms with Crippen molar-refractivity contribution < 1.29 is 0 Å². The second kappa shape index (κ2) is 6.87. The van der Waals surface area contributed by atoms with E-state index in [1.807, 2.05) is 23.9 Å². The molecule has 2 aromatic rings. The molecule has 0 amide bonds. The van der Waals surface area contributed by atoms with Crippen LogP contribution in [0.4, 0.5) is 0 Å². The Bertz CT molecular complexity index is 554. The Hall–Kier alpha value is -0.380. The van der Waals surface area contributed by atoms with E-state index in [1.165, 1.54) is 0 Å². The average molecular weight is 317 g/mol. The zero-order valence-electron chi connectivity index (χ0n) is 11.2. The third-order valence-electron chi connectivity index (χ3n) is 3.24. The van der Waals surface area contributed by atoms with E-state index < -0.39 is 0 Å². The third kappa shape index (κ3) is 3.21. The molecule has 0 aliphatic heterocycles. The van der Waals surface area contributed by atoms with Gasteiger partial charge in [0.1, 0.15) is 5.82 Å². The summed E-state index contributed by atoms with van der Waals surface area (Å²) in [6.45, 7) is 2.22. The molecule has 0 bridgehead atoms. The minimum absolute atomic E-state index is 0.458. The number of fused-ring (bicyclic) bond motifs is 1. The monoisotopic (exact) mass is 316 g/mol. The first-order valence-corrected chi connectivity index (χ1v) is 8.73. The zero-order chi connectivity index (χ0) is 13.8. The number of alkyl halides is 1. The second-order valence-electron chi connectivity index (χ2n) is 4.49. The molecule has 0 spiro atoms. The highest BCUT2D eigenvalue weighted by Gasteiger charge is 2.17. The summed E-state index contributed by atoms with van der Waals surface area (Å²) in [6, 6.07) is 6.38. The summed E-state index contributed by atoms with van der Waals surface area (Å²) in [5.41, 5.74) is 2.12. The number of rotatable bonds is 6. The molecular formula is C14H18Cl2N2S. The largest absolute Gasteiger partial charge is 0.324 e. The van der Waals surface area contributed by atoms with Crippen LogP contribution in [0, 0.1) is 0 Å². The van der Waals surface area contributed by atoms with E-state index in [0.717, 1.165) is 40.5 Å². The van der Waals surface area contributed by atoms with E-state index in [4.69, 9.17) is 28.2 Å². The fraction of sp³-hybridized carbons (Fsp3) is 0.500. The minimum atomic E-state index is 0.458. The van der Waals surface area contributed by atoms with Gasteiger partial charge in [-0.2, -0.15) is 11.8 Å². The van der Waals surface area contributed by atoms with Crippen molar-refractivity contribution in [2.24, 2.45) is 0 Å². The third-order valence-corrected chi connectivity index (χ3v) is 4.38. The maximum atomic E-state index is 6.05. The van der Waals surface area contributed by atoms with Crippen molar-refractivity contribution in [2.75, 3.05) is 17.9 Å². The molecule has 1 aromatic heterocycles. The number of benzene rings is 1. The molecule has 0 N–H and O–H groups in total. The molecule has 2 nitrogen and oxygen atoms in total. The van der Waals surface area contributed by atoms with Gasteiger partial charge in [-0.05, 0) is 30.9 Å². The quantitative estimate of drug-likeness (QED) is 0.713. The lowest BCUT2D eigenvalue weighted by Crippen LogP contribution is -2.14. The fourth-order valence-electron chi connectivity index (χ4n) is 2.36. The van der Waals surface area contributed by atoms with E-state index in [9.17, 15) is 0 Å². The number of hydrogen-bond donors (Lipinski definition) is 0. The fourth-order valence-corrected chi connectivity index (χ4v) is 3.46. The molecule has 1 heterocycles. The Labute approximate surface area is 128 Å². The van der Waals surface area contributed by atoms with E-state index >= 15 is 0 Å².